The highest BCUT2D eigenvalue weighted by molar-refractivity contribution is 6.03. The molecule has 1 fully saturated rings. The van der Waals surface area contributed by atoms with Crippen LogP contribution in [0.4, 0.5) is 0 Å². The normalized spacial score (nSPS) is 24.9. The standard InChI is InChI=1S/C23H23NO2/c1-26-20-8-11-23(12-9-20)10-7-17-5-6-19(14-21(17)22(23)25)18-4-2-3-16(13-18)15-24/h2-6,13-14,20H,7-12H2,1H3. The van der Waals surface area contributed by atoms with E-state index in [1.165, 1.54) is 0 Å². The average Bonchev–Trinajstić information content (AvgIpc) is 2.71. The molecule has 0 radical (unpaired) electrons. The Bertz CT molecular complexity index is 885. The molecule has 4 rings (SSSR count). The minimum atomic E-state index is -0.199. The molecule has 2 aliphatic carbocycles. The van der Waals surface area contributed by atoms with Crippen LogP contribution in [-0.2, 0) is 11.2 Å². The smallest absolute Gasteiger partial charge is 0.169 e. The highest BCUT2D eigenvalue weighted by Gasteiger charge is 2.44. The SMILES string of the molecule is COC1CCC2(CCc3ccc(-c4cccc(C#N)c4)cc3C2=O)CC1. The first kappa shape index (κ1) is 17.0. The Morgan fingerprint density at radius 1 is 1.08 bits per heavy atom. The van der Waals surface area contributed by atoms with E-state index in [0.717, 1.165) is 60.8 Å². The Kier molecular flexibility index (Phi) is 4.38. The Morgan fingerprint density at radius 2 is 1.85 bits per heavy atom. The van der Waals surface area contributed by atoms with Gasteiger partial charge in [-0.3, -0.25) is 4.79 Å². The third-order valence-corrected chi connectivity index (χ3v) is 6.26. The van der Waals surface area contributed by atoms with E-state index in [1.54, 1.807) is 13.2 Å². The first-order valence-corrected chi connectivity index (χ1v) is 9.36. The molecule has 1 spiro atoms. The summed E-state index contributed by atoms with van der Waals surface area (Å²) in [6.45, 7) is 0. The Morgan fingerprint density at radius 3 is 2.58 bits per heavy atom. The fourth-order valence-corrected chi connectivity index (χ4v) is 4.58. The lowest BCUT2D eigenvalue weighted by atomic mass is 9.62. The molecule has 0 aliphatic heterocycles. The molecule has 0 aromatic heterocycles. The molecule has 0 N–H and O–H groups in total. The molecule has 3 nitrogen and oxygen atoms in total. The van der Waals surface area contributed by atoms with E-state index in [9.17, 15) is 4.79 Å². The van der Waals surface area contributed by atoms with Gasteiger partial charge in [0.1, 0.15) is 0 Å². The van der Waals surface area contributed by atoms with Crippen LogP contribution in [0.2, 0.25) is 0 Å². The summed E-state index contributed by atoms with van der Waals surface area (Å²) in [4.78, 5) is 13.4. The van der Waals surface area contributed by atoms with E-state index in [2.05, 4.69) is 18.2 Å². The number of nitrogens with zero attached hydrogens (tertiary/aromatic N) is 1. The molecular weight excluding hydrogens is 322 g/mol. The summed E-state index contributed by atoms with van der Waals surface area (Å²) in [7, 11) is 1.77. The lowest BCUT2D eigenvalue weighted by molar-refractivity contribution is 0.0218. The van der Waals surface area contributed by atoms with Crippen LogP contribution in [0.15, 0.2) is 42.5 Å². The summed E-state index contributed by atoms with van der Waals surface area (Å²) < 4.78 is 5.49. The monoisotopic (exact) mass is 345 g/mol. The molecule has 2 aliphatic rings. The van der Waals surface area contributed by atoms with Gasteiger partial charge in [0.15, 0.2) is 5.78 Å². The molecule has 0 bridgehead atoms. The number of methoxy groups -OCH3 is 1. The zero-order valence-corrected chi connectivity index (χ0v) is 15.1. The van der Waals surface area contributed by atoms with Gasteiger partial charge in [0, 0.05) is 18.1 Å². The van der Waals surface area contributed by atoms with Gasteiger partial charge in [0.25, 0.3) is 0 Å². The molecule has 1 saturated carbocycles. The van der Waals surface area contributed by atoms with Crippen molar-refractivity contribution in [3.8, 4) is 17.2 Å². The van der Waals surface area contributed by atoms with Crippen molar-refractivity contribution in [2.24, 2.45) is 5.41 Å². The third-order valence-electron chi connectivity index (χ3n) is 6.26. The largest absolute Gasteiger partial charge is 0.381 e. The molecule has 3 heteroatoms. The minimum Gasteiger partial charge on any atom is -0.381 e. The molecule has 0 saturated heterocycles. The van der Waals surface area contributed by atoms with Crippen LogP contribution in [0.3, 0.4) is 0 Å². The van der Waals surface area contributed by atoms with Crippen molar-refractivity contribution in [2.75, 3.05) is 7.11 Å². The quantitative estimate of drug-likeness (QED) is 0.775. The zero-order chi connectivity index (χ0) is 18.1. The summed E-state index contributed by atoms with van der Waals surface area (Å²) in [5, 5.41) is 9.14. The van der Waals surface area contributed by atoms with Crippen molar-refractivity contribution >= 4 is 5.78 Å². The Balaban J connectivity index is 1.68. The topological polar surface area (TPSA) is 50.1 Å². The van der Waals surface area contributed by atoms with Gasteiger partial charge in [0.2, 0.25) is 0 Å². The minimum absolute atomic E-state index is 0.199. The summed E-state index contributed by atoms with van der Waals surface area (Å²) in [5.41, 5.74) is 4.48. The van der Waals surface area contributed by atoms with Crippen LogP contribution in [0.5, 0.6) is 0 Å². The van der Waals surface area contributed by atoms with Crippen molar-refractivity contribution in [3.05, 3.63) is 59.2 Å². The van der Waals surface area contributed by atoms with Gasteiger partial charge in [0.05, 0.1) is 17.7 Å². The molecule has 0 amide bonds. The summed E-state index contributed by atoms with van der Waals surface area (Å²) >= 11 is 0. The Labute approximate surface area is 154 Å². The van der Waals surface area contributed by atoms with Gasteiger partial charge >= 0.3 is 0 Å². The summed E-state index contributed by atoms with van der Waals surface area (Å²) in [6.07, 6.45) is 6.03. The molecule has 132 valence electrons. The van der Waals surface area contributed by atoms with Crippen LogP contribution in [0.1, 0.15) is 53.6 Å². The van der Waals surface area contributed by atoms with Gasteiger partial charge < -0.3 is 4.74 Å². The summed E-state index contributed by atoms with van der Waals surface area (Å²) in [6, 6.07) is 16.0. The second-order valence-electron chi connectivity index (χ2n) is 7.61. The van der Waals surface area contributed by atoms with Gasteiger partial charge in [-0.25, -0.2) is 0 Å². The number of rotatable bonds is 2. The second kappa shape index (κ2) is 6.70. The predicted molar refractivity (Wildman–Crippen MR) is 101 cm³/mol. The van der Waals surface area contributed by atoms with Gasteiger partial charge in [-0.05, 0) is 73.4 Å². The van der Waals surface area contributed by atoms with E-state index in [0.29, 0.717) is 17.5 Å². The fourth-order valence-electron chi connectivity index (χ4n) is 4.58. The number of carbonyl (C=O) groups excluding carboxylic acids is 1. The maximum Gasteiger partial charge on any atom is 0.169 e. The van der Waals surface area contributed by atoms with Crippen LogP contribution in [-0.4, -0.2) is 19.0 Å². The van der Waals surface area contributed by atoms with Crippen LogP contribution >= 0.6 is 0 Å². The number of hydrogen-bond acceptors (Lipinski definition) is 3. The van der Waals surface area contributed by atoms with Crippen LogP contribution in [0, 0.1) is 16.7 Å². The van der Waals surface area contributed by atoms with Crippen molar-refractivity contribution in [3.63, 3.8) is 0 Å². The molecule has 0 heterocycles. The number of fused-ring (bicyclic) bond motifs is 1. The van der Waals surface area contributed by atoms with Crippen molar-refractivity contribution in [1.82, 2.24) is 0 Å². The molecule has 26 heavy (non-hydrogen) atoms. The molecule has 2 aromatic carbocycles. The average molecular weight is 345 g/mol. The van der Waals surface area contributed by atoms with Crippen molar-refractivity contribution in [2.45, 2.75) is 44.6 Å². The molecule has 2 aromatic rings. The third kappa shape index (κ3) is 2.85. The zero-order valence-electron chi connectivity index (χ0n) is 15.1. The molecule has 0 unspecified atom stereocenters. The predicted octanol–water partition coefficient (Wildman–Crippen LogP) is 4.93. The lowest BCUT2D eigenvalue weighted by Gasteiger charge is -2.41. The number of carbonyl (C=O) groups is 1. The second-order valence-corrected chi connectivity index (χ2v) is 7.61. The van der Waals surface area contributed by atoms with Crippen molar-refractivity contribution < 1.29 is 9.53 Å². The van der Waals surface area contributed by atoms with E-state index in [4.69, 9.17) is 10.00 Å². The van der Waals surface area contributed by atoms with Gasteiger partial charge in [-0.2, -0.15) is 5.26 Å². The fraction of sp³-hybridized carbons (Fsp3) is 0.391. The van der Waals surface area contributed by atoms with E-state index < -0.39 is 0 Å². The maximum absolute atomic E-state index is 13.4. The van der Waals surface area contributed by atoms with E-state index >= 15 is 0 Å². The van der Waals surface area contributed by atoms with E-state index in [-0.39, 0.29) is 5.41 Å². The number of aryl methyl sites for hydroxylation is 1. The number of benzene rings is 2. The highest BCUT2D eigenvalue weighted by atomic mass is 16.5. The first-order chi connectivity index (χ1) is 12.6. The van der Waals surface area contributed by atoms with E-state index in [1.807, 2.05) is 24.3 Å². The number of ketones is 1. The first-order valence-electron chi connectivity index (χ1n) is 9.36. The summed E-state index contributed by atoms with van der Waals surface area (Å²) in [5.74, 6) is 0.312. The van der Waals surface area contributed by atoms with Gasteiger partial charge in [-0.15, -0.1) is 0 Å². The lowest BCUT2D eigenvalue weighted by Crippen LogP contribution is -2.40. The van der Waals surface area contributed by atoms with Crippen LogP contribution in [0.25, 0.3) is 11.1 Å². The number of ether oxygens (including phenoxy) is 1. The number of nitriles is 1. The maximum atomic E-state index is 13.4. The molecule has 0 atom stereocenters. The highest BCUT2D eigenvalue weighted by Crippen LogP contribution is 2.47. The van der Waals surface area contributed by atoms with Crippen LogP contribution < -0.4 is 0 Å². The Hall–Kier alpha value is -2.44. The molecular formula is C23H23NO2. The van der Waals surface area contributed by atoms with Crippen molar-refractivity contribution in [1.29, 1.82) is 5.26 Å². The number of hydrogen-bond donors (Lipinski definition) is 0. The van der Waals surface area contributed by atoms with Gasteiger partial charge in [-0.1, -0.05) is 24.3 Å². The number of Topliss-reactive ketones (excluding diaryl/α,β-unsaturated/α-hetero) is 1.